The van der Waals surface area contributed by atoms with Gasteiger partial charge >= 0.3 is 5.97 Å². The minimum atomic E-state index is -0.633. The Balaban J connectivity index is 1.89. The molecule has 168 valence electrons. The van der Waals surface area contributed by atoms with Crippen LogP contribution in [-0.2, 0) is 14.3 Å². The molecule has 1 amide bonds. The van der Waals surface area contributed by atoms with Crippen molar-refractivity contribution in [3.63, 3.8) is 0 Å². The fourth-order valence-electron chi connectivity index (χ4n) is 3.81. The lowest BCUT2D eigenvalue weighted by Crippen LogP contribution is -2.28. The standard InChI is InChI=1S/C23H25FN4O4/c1-13(2)20-19-17(26-22(29)14-8-10-32-11-9-14)12-18(23(30)31-3)25-21(19)28(27-20)16-6-4-15(24)5-7-16/h4-7,12-14H,8-11H2,1-3H3,(H,25,26,29). The van der Waals surface area contributed by atoms with Gasteiger partial charge in [0.2, 0.25) is 5.91 Å². The van der Waals surface area contributed by atoms with Crippen LogP contribution in [0.5, 0.6) is 0 Å². The first-order chi connectivity index (χ1) is 15.4. The van der Waals surface area contributed by atoms with E-state index >= 15 is 0 Å². The van der Waals surface area contributed by atoms with Crippen molar-refractivity contribution in [2.75, 3.05) is 25.6 Å². The van der Waals surface area contributed by atoms with Gasteiger partial charge in [0.15, 0.2) is 11.3 Å². The molecule has 1 N–H and O–H groups in total. The first-order valence-electron chi connectivity index (χ1n) is 10.6. The fraction of sp³-hybridized carbons (Fsp3) is 0.391. The molecule has 1 aliphatic rings. The Kier molecular flexibility index (Phi) is 6.18. The van der Waals surface area contributed by atoms with Gasteiger partial charge in [-0.05, 0) is 49.1 Å². The van der Waals surface area contributed by atoms with E-state index in [4.69, 9.17) is 14.6 Å². The Hall–Kier alpha value is -3.33. The number of fused-ring (bicyclic) bond motifs is 1. The van der Waals surface area contributed by atoms with Crippen LogP contribution >= 0.6 is 0 Å². The number of nitrogens with one attached hydrogen (secondary N) is 1. The smallest absolute Gasteiger partial charge is 0.356 e. The molecule has 3 aromatic rings. The number of anilines is 1. The predicted molar refractivity (Wildman–Crippen MR) is 116 cm³/mol. The molecule has 9 heteroatoms. The van der Waals surface area contributed by atoms with Crippen molar-refractivity contribution in [3.05, 3.63) is 47.5 Å². The second-order valence-corrected chi connectivity index (χ2v) is 8.05. The number of methoxy groups -OCH3 is 1. The highest BCUT2D eigenvalue weighted by Gasteiger charge is 2.26. The first kappa shape index (κ1) is 21.9. The third kappa shape index (κ3) is 4.20. The molecule has 0 atom stereocenters. The number of pyridine rings is 1. The topological polar surface area (TPSA) is 95.3 Å². The molecule has 1 fully saturated rings. The number of aromatic nitrogens is 3. The monoisotopic (exact) mass is 440 g/mol. The number of halogens is 1. The highest BCUT2D eigenvalue weighted by atomic mass is 19.1. The Morgan fingerprint density at radius 2 is 1.91 bits per heavy atom. The van der Waals surface area contributed by atoms with Crippen LogP contribution in [0.25, 0.3) is 16.7 Å². The van der Waals surface area contributed by atoms with E-state index in [1.54, 1.807) is 16.8 Å². The lowest BCUT2D eigenvalue weighted by molar-refractivity contribution is -0.122. The molecule has 4 rings (SSSR count). The summed E-state index contributed by atoms with van der Waals surface area (Å²) in [5.41, 5.74) is 2.16. The molecule has 0 unspecified atom stereocenters. The molecule has 0 spiro atoms. The molecular weight excluding hydrogens is 415 g/mol. The Morgan fingerprint density at radius 1 is 1.22 bits per heavy atom. The number of benzene rings is 1. The number of rotatable bonds is 5. The highest BCUT2D eigenvalue weighted by molar-refractivity contribution is 6.05. The lowest BCUT2D eigenvalue weighted by atomic mass is 9.99. The van der Waals surface area contributed by atoms with Gasteiger partial charge in [-0.2, -0.15) is 5.10 Å². The van der Waals surface area contributed by atoms with Crippen molar-refractivity contribution in [1.82, 2.24) is 14.8 Å². The molecular formula is C23H25FN4O4. The molecule has 0 saturated carbocycles. The van der Waals surface area contributed by atoms with Crippen molar-refractivity contribution >= 4 is 28.6 Å². The van der Waals surface area contributed by atoms with Gasteiger partial charge in [-0.15, -0.1) is 0 Å². The molecule has 32 heavy (non-hydrogen) atoms. The summed E-state index contributed by atoms with van der Waals surface area (Å²) in [6.45, 7) is 5.04. The molecule has 1 aromatic carbocycles. The number of ether oxygens (including phenoxy) is 2. The van der Waals surface area contributed by atoms with Crippen molar-refractivity contribution in [2.24, 2.45) is 5.92 Å². The number of hydrogen-bond donors (Lipinski definition) is 1. The zero-order chi connectivity index (χ0) is 22.8. The fourth-order valence-corrected chi connectivity index (χ4v) is 3.81. The zero-order valence-electron chi connectivity index (χ0n) is 18.2. The van der Waals surface area contributed by atoms with E-state index < -0.39 is 5.97 Å². The van der Waals surface area contributed by atoms with Crippen LogP contribution in [-0.4, -0.2) is 47.0 Å². The van der Waals surface area contributed by atoms with E-state index in [0.29, 0.717) is 54.2 Å². The number of amides is 1. The van der Waals surface area contributed by atoms with Gasteiger partial charge in [-0.3, -0.25) is 4.79 Å². The molecule has 3 heterocycles. The summed E-state index contributed by atoms with van der Waals surface area (Å²) >= 11 is 0. The summed E-state index contributed by atoms with van der Waals surface area (Å²) < 4.78 is 25.3. The summed E-state index contributed by atoms with van der Waals surface area (Å²) in [7, 11) is 1.27. The summed E-state index contributed by atoms with van der Waals surface area (Å²) in [4.78, 5) is 29.8. The SMILES string of the molecule is COC(=O)c1cc(NC(=O)C2CCOCC2)c2c(C(C)C)nn(-c3ccc(F)cc3)c2n1. The van der Waals surface area contributed by atoms with Gasteiger partial charge in [0.1, 0.15) is 5.82 Å². The molecule has 0 aliphatic carbocycles. The van der Waals surface area contributed by atoms with Gasteiger partial charge in [0.05, 0.1) is 29.6 Å². The van der Waals surface area contributed by atoms with E-state index in [1.807, 2.05) is 13.8 Å². The predicted octanol–water partition coefficient (Wildman–Crippen LogP) is 3.83. The van der Waals surface area contributed by atoms with Crippen LogP contribution in [0.15, 0.2) is 30.3 Å². The van der Waals surface area contributed by atoms with Gasteiger partial charge in [0, 0.05) is 19.1 Å². The second-order valence-electron chi connectivity index (χ2n) is 8.05. The van der Waals surface area contributed by atoms with E-state index in [0.717, 1.165) is 0 Å². The van der Waals surface area contributed by atoms with Crippen LogP contribution < -0.4 is 5.32 Å². The maximum Gasteiger partial charge on any atom is 0.356 e. The second kappa shape index (κ2) is 9.04. The van der Waals surface area contributed by atoms with Crippen molar-refractivity contribution in [2.45, 2.75) is 32.6 Å². The highest BCUT2D eigenvalue weighted by Crippen LogP contribution is 2.33. The molecule has 0 radical (unpaired) electrons. The summed E-state index contributed by atoms with van der Waals surface area (Å²) in [5, 5.41) is 8.33. The van der Waals surface area contributed by atoms with Crippen molar-refractivity contribution < 1.29 is 23.5 Å². The van der Waals surface area contributed by atoms with Crippen molar-refractivity contribution in [3.8, 4) is 5.69 Å². The first-order valence-corrected chi connectivity index (χ1v) is 10.6. The summed E-state index contributed by atoms with van der Waals surface area (Å²) in [5.74, 6) is -1.32. The van der Waals surface area contributed by atoms with E-state index in [9.17, 15) is 14.0 Å². The lowest BCUT2D eigenvalue weighted by Gasteiger charge is -2.21. The van der Waals surface area contributed by atoms with Crippen LogP contribution in [0, 0.1) is 11.7 Å². The molecule has 8 nitrogen and oxygen atoms in total. The Morgan fingerprint density at radius 3 is 2.53 bits per heavy atom. The maximum absolute atomic E-state index is 13.5. The minimum absolute atomic E-state index is 0.00343. The van der Waals surface area contributed by atoms with Crippen LogP contribution in [0.1, 0.15) is 48.8 Å². The van der Waals surface area contributed by atoms with E-state index in [1.165, 1.54) is 25.3 Å². The Bertz CT molecular complexity index is 1150. The molecule has 2 aromatic heterocycles. The maximum atomic E-state index is 13.5. The number of hydrogen-bond acceptors (Lipinski definition) is 6. The number of esters is 1. The number of carbonyl (C=O) groups excluding carboxylic acids is 2. The van der Waals surface area contributed by atoms with Crippen LogP contribution in [0.4, 0.5) is 10.1 Å². The normalized spacial score (nSPS) is 14.7. The van der Waals surface area contributed by atoms with Gasteiger partial charge in [-0.1, -0.05) is 13.8 Å². The average Bonchev–Trinajstić information content (AvgIpc) is 3.20. The van der Waals surface area contributed by atoms with Gasteiger partial charge < -0.3 is 14.8 Å². The number of carbonyl (C=O) groups is 2. The third-order valence-electron chi connectivity index (χ3n) is 5.53. The van der Waals surface area contributed by atoms with Crippen LogP contribution in [0.2, 0.25) is 0 Å². The van der Waals surface area contributed by atoms with Crippen molar-refractivity contribution in [1.29, 1.82) is 0 Å². The van der Waals surface area contributed by atoms with Crippen LogP contribution in [0.3, 0.4) is 0 Å². The molecule has 1 aliphatic heterocycles. The number of nitrogens with zero attached hydrogens (tertiary/aromatic N) is 3. The minimum Gasteiger partial charge on any atom is -0.464 e. The zero-order valence-corrected chi connectivity index (χ0v) is 18.2. The van der Waals surface area contributed by atoms with Gasteiger partial charge in [-0.25, -0.2) is 18.9 Å². The summed E-state index contributed by atoms with van der Waals surface area (Å²) in [6, 6.07) is 7.34. The third-order valence-corrected chi connectivity index (χ3v) is 5.53. The molecule has 1 saturated heterocycles. The largest absolute Gasteiger partial charge is 0.464 e. The average molecular weight is 440 g/mol. The Labute approximate surface area is 184 Å². The van der Waals surface area contributed by atoms with Gasteiger partial charge in [0.25, 0.3) is 0 Å². The van der Waals surface area contributed by atoms with E-state index in [-0.39, 0.29) is 29.3 Å². The summed E-state index contributed by atoms with van der Waals surface area (Å²) in [6.07, 6.45) is 1.27. The van der Waals surface area contributed by atoms with E-state index in [2.05, 4.69) is 10.3 Å². The quantitative estimate of drug-likeness (QED) is 0.606. The molecule has 0 bridgehead atoms.